The molecule has 2 aromatic carbocycles. The second kappa shape index (κ2) is 4.81. The Morgan fingerprint density at radius 3 is 2.86 bits per heavy atom. The van der Waals surface area contributed by atoms with Crippen molar-refractivity contribution in [2.24, 2.45) is 0 Å². The molecule has 0 spiro atoms. The first-order valence-corrected chi connectivity index (χ1v) is 7.29. The second-order valence-corrected chi connectivity index (χ2v) is 5.58. The number of ketones is 1. The van der Waals surface area contributed by atoms with Gasteiger partial charge in [0.25, 0.3) is 0 Å². The number of benzene rings is 2. The Kier molecular flexibility index (Phi) is 2.81. The van der Waals surface area contributed by atoms with Crippen LogP contribution in [0.4, 0.5) is 0 Å². The standard InChI is InChI=1S/C19H15NO/c21-19-8-6-14-11-13(5-7-17(14)19)12-15-9-10-20-18-4-2-1-3-16(15)18/h1-5,7,9-11H,6,8,12H2. The molecular weight excluding hydrogens is 258 g/mol. The van der Waals surface area contributed by atoms with Gasteiger partial charge in [-0.2, -0.15) is 0 Å². The zero-order chi connectivity index (χ0) is 14.2. The van der Waals surface area contributed by atoms with E-state index in [4.69, 9.17) is 0 Å². The minimum atomic E-state index is 0.283. The molecule has 0 radical (unpaired) electrons. The molecule has 2 heteroatoms. The lowest BCUT2D eigenvalue weighted by Gasteiger charge is -2.07. The molecule has 0 saturated carbocycles. The molecule has 2 nitrogen and oxygen atoms in total. The first-order valence-electron chi connectivity index (χ1n) is 7.29. The average molecular weight is 273 g/mol. The van der Waals surface area contributed by atoms with Gasteiger partial charge < -0.3 is 0 Å². The summed E-state index contributed by atoms with van der Waals surface area (Å²) in [5.41, 5.74) is 5.70. The van der Waals surface area contributed by atoms with E-state index >= 15 is 0 Å². The number of pyridine rings is 1. The summed E-state index contributed by atoms with van der Waals surface area (Å²) >= 11 is 0. The van der Waals surface area contributed by atoms with E-state index in [2.05, 4.69) is 35.3 Å². The van der Waals surface area contributed by atoms with Gasteiger partial charge in [0.2, 0.25) is 0 Å². The summed E-state index contributed by atoms with van der Waals surface area (Å²) in [6, 6.07) is 16.6. The Morgan fingerprint density at radius 1 is 1.00 bits per heavy atom. The number of carbonyl (C=O) groups excluding carboxylic acids is 1. The van der Waals surface area contributed by atoms with Gasteiger partial charge >= 0.3 is 0 Å². The van der Waals surface area contributed by atoms with Gasteiger partial charge in [-0.15, -0.1) is 0 Å². The van der Waals surface area contributed by atoms with E-state index < -0.39 is 0 Å². The van der Waals surface area contributed by atoms with Gasteiger partial charge in [-0.05, 0) is 41.7 Å². The molecular formula is C19H15NO. The van der Waals surface area contributed by atoms with Gasteiger partial charge in [-0.3, -0.25) is 9.78 Å². The van der Waals surface area contributed by atoms with Crippen LogP contribution in [0.2, 0.25) is 0 Å². The topological polar surface area (TPSA) is 30.0 Å². The smallest absolute Gasteiger partial charge is 0.163 e. The van der Waals surface area contributed by atoms with E-state index in [-0.39, 0.29) is 5.78 Å². The van der Waals surface area contributed by atoms with Crippen molar-refractivity contribution in [1.29, 1.82) is 0 Å². The van der Waals surface area contributed by atoms with Crippen LogP contribution >= 0.6 is 0 Å². The monoisotopic (exact) mass is 273 g/mol. The highest BCUT2D eigenvalue weighted by molar-refractivity contribution is 6.00. The molecule has 0 atom stereocenters. The van der Waals surface area contributed by atoms with Crippen molar-refractivity contribution in [1.82, 2.24) is 4.98 Å². The number of carbonyl (C=O) groups is 1. The zero-order valence-corrected chi connectivity index (χ0v) is 11.7. The molecule has 0 N–H and O–H groups in total. The van der Waals surface area contributed by atoms with Crippen molar-refractivity contribution in [2.45, 2.75) is 19.3 Å². The Hall–Kier alpha value is -2.48. The Morgan fingerprint density at radius 2 is 1.90 bits per heavy atom. The summed E-state index contributed by atoms with van der Waals surface area (Å²) in [4.78, 5) is 16.1. The molecule has 0 aliphatic heterocycles. The van der Waals surface area contributed by atoms with Gasteiger partial charge in [0.05, 0.1) is 5.52 Å². The molecule has 1 aromatic heterocycles. The van der Waals surface area contributed by atoms with Gasteiger partial charge in [0.15, 0.2) is 5.78 Å². The highest BCUT2D eigenvalue weighted by Crippen LogP contribution is 2.25. The largest absolute Gasteiger partial charge is 0.294 e. The molecule has 0 saturated heterocycles. The molecule has 4 rings (SSSR count). The van der Waals surface area contributed by atoms with Crippen LogP contribution in [-0.2, 0) is 12.8 Å². The minimum Gasteiger partial charge on any atom is -0.294 e. The molecule has 0 fully saturated rings. The fourth-order valence-corrected chi connectivity index (χ4v) is 3.15. The number of nitrogens with zero attached hydrogens (tertiary/aromatic N) is 1. The fourth-order valence-electron chi connectivity index (χ4n) is 3.15. The van der Waals surface area contributed by atoms with Crippen LogP contribution in [0.3, 0.4) is 0 Å². The summed E-state index contributed by atoms with van der Waals surface area (Å²) in [6.07, 6.45) is 4.30. The molecule has 21 heavy (non-hydrogen) atoms. The van der Waals surface area contributed by atoms with Crippen LogP contribution in [0.5, 0.6) is 0 Å². The van der Waals surface area contributed by atoms with Crippen molar-refractivity contribution >= 4 is 16.7 Å². The molecule has 1 aliphatic carbocycles. The summed E-state index contributed by atoms with van der Waals surface area (Å²) in [5, 5.41) is 1.21. The lowest BCUT2D eigenvalue weighted by molar-refractivity contribution is 0.0994. The molecule has 1 heterocycles. The lowest BCUT2D eigenvalue weighted by atomic mass is 9.98. The summed E-state index contributed by atoms with van der Waals surface area (Å²) in [6.45, 7) is 0. The highest BCUT2D eigenvalue weighted by atomic mass is 16.1. The maximum Gasteiger partial charge on any atom is 0.163 e. The van der Waals surface area contributed by atoms with Crippen LogP contribution in [0.15, 0.2) is 54.7 Å². The maximum atomic E-state index is 11.7. The van der Waals surface area contributed by atoms with Gasteiger partial charge in [0.1, 0.15) is 0 Å². The van der Waals surface area contributed by atoms with E-state index in [1.54, 1.807) is 0 Å². The Balaban J connectivity index is 1.74. The van der Waals surface area contributed by atoms with Crippen molar-refractivity contribution in [3.63, 3.8) is 0 Å². The number of rotatable bonds is 2. The molecule has 0 unspecified atom stereocenters. The van der Waals surface area contributed by atoms with Crippen LogP contribution < -0.4 is 0 Å². The summed E-state index contributed by atoms with van der Waals surface area (Å²) in [7, 11) is 0. The number of aromatic nitrogens is 1. The first kappa shape index (κ1) is 12.3. The van der Waals surface area contributed by atoms with Crippen LogP contribution in [0.25, 0.3) is 10.9 Å². The third-order valence-corrected chi connectivity index (χ3v) is 4.23. The van der Waals surface area contributed by atoms with E-state index in [1.807, 2.05) is 24.4 Å². The lowest BCUT2D eigenvalue weighted by Crippen LogP contribution is -1.95. The average Bonchev–Trinajstić information content (AvgIpc) is 2.89. The summed E-state index contributed by atoms with van der Waals surface area (Å²) in [5.74, 6) is 0.283. The Labute approximate surface area is 123 Å². The molecule has 1 aliphatic rings. The van der Waals surface area contributed by atoms with Crippen molar-refractivity contribution < 1.29 is 4.79 Å². The minimum absolute atomic E-state index is 0.283. The number of hydrogen-bond donors (Lipinski definition) is 0. The van der Waals surface area contributed by atoms with Crippen molar-refractivity contribution in [3.05, 3.63) is 77.0 Å². The normalized spacial score (nSPS) is 13.6. The summed E-state index contributed by atoms with van der Waals surface area (Å²) < 4.78 is 0. The fraction of sp³-hybridized carbons (Fsp3) is 0.158. The first-order chi connectivity index (χ1) is 10.3. The van der Waals surface area contributed by atoms with Crippen molar-refractivity contribution in [3.8, 4) is 0 Å². The zero-order valence-electron chi connectivity index (χ0n) is 11.7. The molecule has 0 amide bonds. The van der Waals surface area contributed by atoms with Gasteiger partial charge in [-0.25, -0.2) is 0 Å². The van der Waals surface area contributed by atoms with E-state index in [9.17, 15) is 4.79 Å². The number of para-hydroxylation sites is 1. The third kappa shape index (κ3) is 2.13. The van der Waals surface area contributed by atoms with Crippen LogP contribution in [0, 0.1) is 0 Å². The molecule has 3 aromatic rings. The third-order valence-electron chi connectivity index (χ3n) is 4.23. The van der Waals surface area contributed by atoms with Crippen LogP contribution in [-0.4, -0.2) is 10.8 Å². The SMILES string of the molecule is O=C1CCc2cc(Cc3ccnc4ccccc34)ccc21. The molecule has 102 valence electrons. The maximum absolute atomic E-state index is 11.7. The van der Waals surface area contributed by atoms with E-state index in [0.717, 1.165) is 23.9 Å². The predicted octanol–water partition coefficient (Wildman–Crippen LogP) is 3.95. The number of hydrogen-bond acceptors (Lipinski definition) is 2. The van der Waals surface area contributed by atoms with E-state index in [1.165, 1.54) is 22.1 Å². The van der Waals surface area contributed by atoms with Crippen molar-refractivity contribution in [2.75, 3.05) is 0 Å². The highest BCUT2D eigenvalue weighted by Gasteiger charge is 2.19. The Bertz CT molecular complexity index is 846. The quantitative estimate of drug-likeness (QED) is 0.707. The predicted molar refractivity (Wildman–Crippen MR) is 83.6 cm³/mol. The van der Waals surface area contributed by atoms with Gasteiger partial charge in [0, 0.05) is 23.6 Å². The van der Waals surface area contributed by atoms with Gasteiger partial charge in [-0.1, -0.05) is 36.4 Å². The van der Waals surface area contributed by atoms with Crippen LogP contribution in [0.1, 0.15) is 33.5 Å². The number of fused-ring (bicyclic) bond motifs is 2. The number of aryl methyl sites for hydroxylation is 1. The van der Waals surface area contributed by atoms with E-state index in [0.29, 0.717) is 6.42 Å². The second-order valence-electron chi connectivity index (χ2n) is 5.58. The molecule has 0 bridgehead atoms. The number of Topliss-reactive ketones (excluding diaryl/α,β-unsaturated/α-hetero) is 1.